The van der Waals surface area contributed by atoms with Gasteiger partial charge in [-0.15, -0.1) is 0 Å². The first-order valence-electron chi connectivity index (χ1n) is 10.6. The molecule has 2 aromatic carbocycles. The molecule has 0 saturated carbocycles. The van der Waals surface area contributed by atoms with E-state index in [1.165, 1.54) is 18.4 Å². The molecule has 0 spiro atoms. The van der Waals surface area contributed by atoms with Gasteiger partial charge >= 0.3 is 0 Å². The van der Waals surface area contributed by atoms with Gasteiger partial charge < -0.3 is 14.5 Å². The number of carbonyl (C=O) groups excluding carboxylic acids is 1. The van der Waals surface area contributed by atoms with Crippen LogP contribution >= 0.6 is 0 Å². The molecule has 0 bridgehead atoms. The normalized spacial score (nSPS) is 14.8. The van der Waals surface area contributed by atoms with Gasteiger partial charge in [0.05, 0.1) is 7.11 Å². The Morgan fingerprint density at radius 3 is 2.38 bits per heavy atom. The largest absolute Gasteiger partial charge is 0.497 e. The lowest BCUT2D eigenvalue weighted by atomic mass is 9.87. The van der Waals surface area contributed by atoms with E-state index < -0.39 is 0 Å². The zero-order chi connectivity index (χ0) is 20.9. The summed E-state index contributed by atoms with van der Waals surface area (Å²) in [7, 11) is 1.63. The van der Waals surface area contributed by atoms with E-state index in [1.54, 1.807) is 7.11 Å². The minimum atomic E-state index is 0.0583. The Balaban J connectivity index is 1.77. The fourth-order valence-electron chi connectivity index (χ4n) is 3.79. The van der Waals surface area contributed by atoms with Crippen molar-refractivity contribution in [3.05, 3.63) is 65.2 Å². The molecule has 4 heteroatoms. The van der Waals surface area contributed by atoms with Gasteiger partial charge in [-0.2, -0.15) is 0 Å². The highest BCUT2D eigenvalue weighted by Gasteiger charge is 2.20. The lowest BCUT2D eigenvalue weighted by Crippen LogP contribution is -2.37. The Labute approximate surface area is 175 Å². The summed E-state index contributed by atoms with van der Waals surface area (Å²) in [5.74, 6) is 0.771. The Hall–Kier alpha value is -2.33. The number of rotatable bonds is 7. The number of carbonyl (C=O) groups is 1. The number of hydrogen-bond donors (Lipinski definition) is 0. The van der Waals surface area contributed by atoms with E-state index in [-0.39, 0.29) is 11.3 Å². The summed E-state index contributed by atoms with van der Waals surface area (Å²) in [5.41, 5.74) is 3.28. The molecule has 4 nitrogen and oxygen atoms in total. The molecule has 1 amide bonds. The van der Waals surface area contributed by atoms with Crippen LogP contribution < -0.4 is 4.74 Å². The van der Waals surface area contributed by atoms with E-state index in [9.17, 15) is 4.79 Å². The van der Waals surface area contributed by atoms with Crippen LogP contribution in [0.3, 0.4) is 0 Å². The molecule has 29 heavy (non-hydrogen) atoms. The first kappa shape index (κ1) is 21.4. The van der Waals surface area contributed by atoms with Crippen LogP contribution in [-0.2, 0) is 12.0 Å². The third-order valence-electron chi connectivity index (χ3n) is 5.68. The first-order valence-corrected chi connectivity index (χ1v) is 10.6. The SMILES string of the molecule is COc1cccc(C(=O)N(CCN2CCCC2)Cc2ccc(C(C)(C)C)cc2)c1. The maximum Gasteiger partial charge on any atom is 0.254 e. The molecule has 156 valence electrons. The number of likely N-dealkylation sites (tertiary alicyclic amines) is 1. The maximum atomic E-state index is 13.3. The van der Waals surface area contributed by atoms with Crippen LogP contribution in [0.15, 0.2) is 48.5 Å². The Bertz CT molecular complexity index is 802. The van der Waals surface area contributed by atoms with Crippen molar-refractivity contribution in [3.63, 3.8) is 0 Å². The van der Waals surface area contributed by atoms with Crippen LogP contribution in [0.4, 0.5) is 0 Å². The van der Waals surface area contributed by atoms with Gasteiger partial charge in [-0.3, -0.25) is 4.79 Å². The Kier molecular flexibility index (Phi) is 6.96. The fourth-order valence-corrected chi connectivity index (χ4v) is 3.79. The third kappa shape index (κ3) is 5.83. The van der Waals surface area contributed by atoms with Crippen LogP contribution in [0.25, 0.3) is 0 Å². The molecule has 1 saturated heterocycles. The summed E-state index contributed by atoms with van der Waals surface area (Å²) in [5, 5.41) is 0. The predicted octanol–water partition coefficient (Wildman–Crippen LogP) is 4.73. The average molecular weight is 395 g/mol. The number of hydrogen-bond acceptors (Lipinski definition) is 3. The van der Waals surface area contributed by atoms with Crippen molar-refractivity contribution in [2.75, 3.05) is 33.3 Å². The fraction of sp³-hybridized carbons (Fsp3) is 0.480. The molecule has 0 N–H and O–H groups in total. The van der Waals surface area contributed by atoms with E-state index in [0.29, 0.717) is 17.9 Å². The van der Waals surface area contributed by atoms with Crippen molar-refractivity contribution in [2.24, 2.45) is 0 Å². The third-order valence-corrected chi connectivity index (χ3v) is 5.68. The quantitative estimate of drug-likeness (QED) is 0.680. The molecule has 3 rings (SSSR count). The molecule has 2 aromatic rings. The number of methoxy groups -OCH3 is 1. The van der Waals surface area contributed by atoms with E-state index in [1.807, 2.05) is 29.2 Å². The maximum absolute atomic E-state index is 13.3. The summed E-state index contributed by atoms with van der Waals surface area (Å²) in [4.78, 5) is 17.7. The Morgan fingerprint density at radius 2 is 1.76 bits per heavy atom. The minimum Gasteiger partial charge on any atom is -0.497 e. The van der Waals surface area contributed by atoms with Crippen molar-refractivity contribution in [2.45, 2.75) is 45.6 Å². The summed E-state index contributed by atoms with van der Waals surface area (Å²) < 4.78 is 5.31. The van der Waals surface area contributed by atoms with Gasteiger partial charge in [0.25, 0.3) is 5.91 Å². The molecule has 1 aliphatic rings. The zero-order valence-electron chi connectivity index (χ0n) is 18.3. The van der Waals surface area contributed by atoms with Gasteiger partial charge in [-0.1, -0.05) is 51.1 Å². The van der Waals surface area contributed by atoms with Gasteiger partial charge in [0, 0.05) is 25.2 Å². The number of benzene rings is 2. The number of amides is 1. The van der Waals surface area contributed by atoms with Gasteiger partial charge in [0.1, 0.15) is 5.75 Å². The second-order valence-corrected chi connectivity index (χ2v) is 8.95. The standard InChI is InChI=1S/C25H34N2O2/c1-25(2,3)22-12-10-20(11-13-22)19-27(17-16-26-14-5-6-15-26)24(28)21-8-7-9-23(18-21)29-4/h7-13,18H,5-6,14-17,19H2,1-4H3. The van der Waals surface area contributed by atoms with Gasteiger partial charge in [0.15, 0.2) is 0 Å². The van der Waals surface area contributed by atoms with Crippen LogP contribution in [0, 0.1) is 0 Å². The Morgan fingerprint density at radius 1 is 1.07 bits per heavy atom. The van der Waals surface area contributed by atoms with Crippen LogP contribution in [-0.4, -0.2) is 49.0 Å². The van der Waals surface area contributed by atoms with Crippen molar-refractivity contribution < 1.29 is 9.53 Å². The second kappa shape index (κ2) is 9.45. The second-order valence-electron chi connectivity index (χ2n) is 8.95. The smallest absolute Gasteiger partial charge is 0.254 e. The molecule has 0 atom stereocenters. The van der Waals surface area contributed by atoms with Gasteiger partial charge in [-0.25, -0.2) is 0 Å². The van der Waals surface area contributed by atoms with E-state index in [0.717, 1.165) is 31.7 Å². The molecule has 0 aliphatic carbocycles. The lowest BCUT2D eigenvalue weighted by Gasteiger charge is -2.26. The van der Waals surface area contributed by atoms with Crippen molar-refractivity contribution in [1.82, 2.24) is 9.80 Å². The minimum absolute atomic E-state index is 0.0583. The van der Waals surface area contributed by atoms with Crippen molar-refractivity contribution in [1.29, 1.82) is 0 Å². The molecular weight excluding hydrogens is 360 g/mol. The highest BCUT2D eigenvalue weighted by molar-refractivity contribution is 5.94. The zero-order valence-corrected chi connectivity index (χ0v) is 18.3. The molecule has 0 unspecified atom stereocenters. The summed E-state index contributed by atoms with van der Waals surface area (Å²) in [6.45, 7) is 11.2. The van der Waals surface area contributed by atoms with Crippen molar-refractivity contribution in [3.8, 4) is 5.75 Å². The first-order chi connectivity index (χ1) is 13.9. The van der Waals surface area contributed by atoms with Gasteiger partial charge in [0.2, 0.25) is 0 Å². The van der Waals surface area contributed by atoms with E-state index in [4.69, 9.17) is 4.74 Å². The summed E-state index contributed by atoms with van der Waals surface area (Å²) in [6.07, 6.45) is 2.52. The average Bonchev–Trinajstić information content (AvgIpc) is 3.24. The summed E-state index contributed by atoms with van der Waals surface area (Å²) >= 11 is 0. The lowest BCUT2D eigenvalue weighted by molar-refractivity contribution is 0.0726. The predicted molar refractivity (Wildman–Crippen MR) is 119 cm³/mol. The van der Waals surface area contributed by atoms with Crippen molar-refractivity contribution >= 4 is 5.91 Å². The molecular formula is C25H34N2O2. The molecule has 0 aromatic heterocycles. The number of nitrogens with zero attached hydrogens (tertiary/aromatic N) is 2. The highest BCUT2D eigenvalue weighted by atomic mass is 16.5. The number of ether oxygens (including phenoxy) is 1. The topological polar surface area (TPSA) is 32.8 Å². The van der Waals surface area contributed by atoms with E-state index in [2.05, 4.69) is 49.9 Å². The molecule has 1 fully saturated rings. The highest BCUT2D eigenvalue weighted by Crippen LogP contribution is 2.23. The molecule has 0 radical (unpaired) electrons. The van der Waals surface area contributed by atoms with Crippen LogP contribution in [0.2, 0.25) is 0 Å². The molecule has 1 aliphatic heterocycles. The van der Waals surface area contributed by atoms with Crippen LogP contribution in [0.1, 0.15) is 55.1 Å². The van der Waals surface area contributed by atoms with E-state index >= 15 is 0 Å². The van der Waals surface area contributed by atoms with Crippen LogP contribution in [0.5, 0.6) is 5.75 Å². The van der Waals surface area contributed by atoms with Gasteiger partial charge in [-0.05, 0) is 60.7 Å². The monoisotopic (exact) mass is 394 g/mol. The molecule has 1 heterocycles. The summed E-state index contributed by atoms with van der Waals surface area (Å²) in [6, 6.07) is 16.1.